The summed E-state index contributed by atoms with van der Waals surface area (Å²) >= 11 is 1.99. The van der Waals surface area contributed by atoms with Gasteiger partial charge in [-0.15, -0.1) is 0 Å². The van der Waals surface area contributed by atoms with E-state index >= 15 is 0 Å². The SMILES string of the molecule is O=C(CCS(=O)(=O)C1CCCC1)NCc1ccc(N2CCSCC2)cc1. The largest absolute Gasteiger partial charge is 0.370 e. The van der Waals surface area contributed by atoms with E-state index in [9.17, 15) is 13.2 Å². The molecule has 2 aliphatic rings. The minimum atomic E-state index is -3.12. The summed E-state index contributed by atoms with van der Waals surface area (Å²) in [6, 6.07) is 8.27. The zero-order valence-electron chi connectivity index (χ0n) is 15.2. The third kappa shape index (κ3) is 5.39. The predicted octanol–water partition coefficient (Wildman–Crippen LogP) is 2.60. The number of nitrogens with one attached hydrogen (secondary N) is 1. The molecule has 1 heterocycles. The summed E-state index contributed by atoms with van der Waals surface area (Å²) in [6.45, 7) is 2.60. The van der Waals surface area contributed by atoms with Gasteiger partial charge in [-0.25, -0.2) is 8.42 Å². The van der Waals surface area contributed by atoms with E-state index in [1.165, 1.54) is 17.2 Å². The Kier molecular flexibility index (Phi) is 6.86. The molecule has 1 saturated carbocycles. The van der Waals surface area contributed by atoms with Crippen LogP contribution in [0.4, 0.5) is 5.69 Å². The van der Waals surface area contributed by atoms with Crippen LogP contribution < -0.4 is 10.2 Å². The van der Waals surface area contributed by atoms with E-state index in [0.717, 1.165) is 44.3 Å². The van der Waals surface area contributed by atoms with Crippen molar-refractivity contribution >= 4 is 33.2 Å². The van der Waals surface area contributed by atoms with Gasteiger partial charge in [0.1, 0.15) is 0 Å². The summed E-state index contributed by atoms with van der Waals surface area (Å²) in [6.07, 6.45) is 3.55. The van der Waals surface area contributed by atoms with E-state index in [0.29, 0.717) is 6.54 Å². The van der Waals surface area contributed by atoms with Crippen LogP contribution in [0.3, 0.4) is 0 Å². The molecule has 0 spiro atoms. The maximum atomic E-state index is 12.2. The van der Waals surface area contributed by atoms with Crippen molar-refractivity contribution in [1.82, 2.24) is 5.32 Å². The summed E-state index contributed by atoms with van der Waals surface area (Å²) in [5, 5.41) is 2.61. The zero-order chi connectivity index (χ0) is 18.4. The standard InChI is InChI=1S/C19H28N2O3S2/c22-19(9-14-26(23,24)18-3-1-2-4-18)20-15-16-5-7-17(8-6-16)21-10-12-25-13-11-21/h5-8,18H,1-4,9-15H2,(H,20,22). The number of carbonyl (C=O) groups excluding carboxylic acids is 1. The summed E-state index contributed by atoms with van der Waals surface area (Å²) in [7, 11) is -3.12. The van der Waals surface area contributed by atoms with Crippen LogP contribution in [0.1, 0.15) is 37.7 Å². The molecule has 5 nitrogen and oxygen atoms in total. The molecular formula is C19H28N2O3S2. The second kappa shape index (κ2) is 9.13. The number of hydrogen-bond acceptors (Lipinski definition) is 5. The van der Waals surface area contributed by atoms with Crippen LogP contribution >= 0.6 is 11.8 Å². The third-order valence-corrected chi connectivity index (χ3v) is 8.43. The molecule has 3 rings (SSSR count). The molecule has 1 saturated heterocycles. The van der Waals surface area contributed by atoms with Gasteiger partial charge in [0.25, 0.3) is 0 Å². The number of rotatable bonds is 7. The molecule has 0 aromatic heterocycles. The molecule has 1 aliphatic carbocycles. The number of benzene rings is 1. The molecule has 0 bridgehead atoms. The van der Waals surface area contributed by atoms with Gasteiger partial charge < -0.3 is 10.2 Å². The Balaban J connectivity index is 1.42. The maximum absolute atomic E-state index is 12.2. The topological polar surface area (TPSA) is 66.5 Å². The van der Waals surface area contributed by atoms with Crippen molar-refractivity contribution in [2.45, 2.75) is 43.9 Å². The Hall–Kier alpha value is -1.21. The number of thioether (sulfide) groups is 1. The molecule has 1 N–H and O–H groups in total. The summed E-state index contributed by atoms with van der Waals surface area (Å²) in [4.78, 5) is 14.4. The van der Waals surface area contributed by atoms with Gasteiger partial charge in [-0.05, 0) is 30.5 Å². The Morgan fingerprint density at radius 2 is 1.77 bits per heavy atom. The van der Waals surface area contributed by atoms with Gasteiger partial charge in [-0.3, -0.25) is 4.79 Å². The molecule has 1 amide bonds. The predicted molar refractivity (Wildman–Crippen MR) is 108 cm³/mol. The highest BCUT2D eigenvalue weighted by atomic mass is 32.2. The fourth-order valence-electron chi connectivity index (χ4n) is 3.58. The Morgan fingerprint density at radius 1 is 1.12 bits per heavy atom. The molecule has 0 unspecified atom stereocenters. The Bertz CT molecular complexity index is 692. The fourth-order valence-corrected chi connectivity index (χ4v) is 6.34. The molecule has 0 atom stereocenters. The lowest BCUT2D eigenvalue weighted by Gasteiger charge is -2.28. The van der Waals surface area contributed by atoms with Crippen molar-refractivity contribution in [3.8, 4) is 0 Å². The van der Waals surface area contributed by atoms with Crippen LogP contribution in [0.5, 0.6) is 0 Å². The number of hydrogen-bond donors (Lipinski definition) is 1. The molecule has 26 heavy (non-hydrogen) atoms. The normalized spacial score (nSPS) is 18.8. The summed E-state index contributed by atoms with van der Waals surface area (Å²) in [5.41, 5.74) is 2.26. The molecule has 144 valence electrons. The number of nitrogens with zero attached hydrogens (tertiary/aromatic N) is 1. The van der Waals surface area contributed by atoms with Gasteiger partial charge >= 0.3 is 0 Å². The number of carbonyl (C=O) groups is 1. The molecule has 1 aromatic carbocycles. The first-order valence-corrected chi connectivity index (χ1v) is 12.3. The molecular weight excluding hydrogens is 368 g/mol. The fraction of sp³-hybridized carbons (Fsp3) is 0.632. The van der Waals surface area contributed by atoms with Crippen LogP contribution in [0.15, 0.2) is 24.3 Å². The molecule has 1 aliphatic heterocycles. The maximum Gasteiger partial charge on any atom is 0.221 e. The smallest absolute Gasteiger partial charge is 0.221 e. The van der Waals surface area contributed by atoms with E-state index in [2.05, 4.69) is 22.3 Å². The minimum absolute atomic E-state index is 0.0323. The Morgan fingerprint density at radius 3 is 2.42 bits per heavy atom. The van der Waals surface area contributed by atoms with Gasteiger partial charge in [-0.2, -0.15) is 11.8 Å². The number of sulfone groups is 1. The van der Waals surface area contributed by atoms with Crippen LogP contribution in [-0.2, 0) is 21.2 Å². The van der Waals surface area contributed by atoms with Crippen LogP contribution in [0.2, 0.25) is 0 Å². The van der Waals surface area contributed by atoms with Crippen molar-refractivity contribution in [3.63, 3.8) is 0 Å². The lowest BCUT2D eigenvalue weighted by molar-refractivity contribution is -0.120. The number of anilines is 1. The quantitative estimate of drug-likeness (QED) is 0.767. The van der Waals surface area contributed by atoms with Crippen molar-refractivity contribution in [2.24, 2.45) is 0 Å². The van der Waals surface area contributed by atoms with E-state index in [1.807, 2.05) is 23.9 Å². The van der Waals surface area contributed by atoms with Gasteiger partial charge in [0.15, 0.2) is 9.84 Å². The average molecular weight is 397 g/mol. The van der Waals surface area contributed by atoms with Crippen LogP contribution in [-0.4, -0.2) is 49.9 Å². The van der Waals surface area contributed by atoms with Crippen molar-refractivity contribution < 1.29 is 13.2 Å². The first-order chi connectivity index (χ1) is 12.5. The Labute approximate surface area is 160 Å². The van der Waals surface area contributed by atoms with Crippen molar-refractivity contribution in [1.29, 1.82) is 0 Å². The second-order valence-corrected chi connectivity index (χ2v) is 10.7. The third-order valence-electron chi connectivity index (χ3n) is 5.23. The van der Waals surface area contributed by atoms with Gasteiger partial charge in [0, 0.05) is 43.2 Å². The van der Waals surface area contributed by atoms with Gasteiger partial charge in [0.05, 0.1) is 11.0 Å². The monoisotopic (exact) mass is 396 g/mol. The van der Waals surface area contributed by atoms with Crippen molar-refractivity contribution in [2.75, 3.05) is 35.2 Å². The highest BCUT2D eigenvalue weighted by Gasteiger charge is 2.28. The highest BCUT2D eigenvalue weighted by molar-refractivity contribution is 7.99. The number of amides is 1. The van der Waals surface area contributed by atoms with Crippen molar-refractivity contribution in [3.05, 3.63) is 29.8 Å². The van der Waals surface area contributed by atoms with E-state index < -0.39 is 9.84 Å². The van der Waals surface area contributed by atoms with E-state index in [4.69, 9.17) is 0 Å². The van der Waals surface area contributed by atoms with Crippen LogP contribution in [0.25, 0.3) is 0 Å². The lowest BCUT2D eigenvalue weighted by Crippen LogP contribution is -2.32. The molecule has 7 heteroatoms. The molecule has 0 radical (unpaired) electrons. The van der Waals surface area contributed by atoms with E-state index in [1.54, 1.807) is 0 Å². The lowest BCUT2D eigenvalue weighted by atomic mass is 10.2. The zero-order valence-corrected chi connectivity index (χ0v) is 16.8. The first kappa shape index (κ1) is 19.5. The summed E-state index contributed by atoms with van der Waals surface area (Å²) < 4.78 is 24.4. The second-order valence-electron chi connectivity index (χ2n) is 7.07. The molecule has 2 fully saturated rings. The van der Waals surface area contributed by atoms with E-state index in [-0.39, 0.29) is 23.3 Å². The average Bonchev–Trinajstić information content (AvgIpc) is 3.22. The van der Waals surface area contributed by atoms with Gasteiger partial charge in [-0.1, -0.05) is 25.0 Å². The highest BCUT2D eigenvalue weighted by Crippen LogP contribution is 2.25. The first-order valence-electron chi connectivity index (χ1n) is 9.44. The minimum Gasteiger partial charge on any atom is -0.370 e. The summed E-state index contributed by atoms with van der Waals surface area (Å²) in [5.74, 6) is 2.11. The molecule has 1 aromatic rings. The van der Waals surface area contributed by atoms with Gasteiger partial charge in [0.2, 0.25) is 5.91 Å². The van der Waals surface area contributed by atoms with Crippen LogP contribution in [0, 0.1) is 0 Å².